The fourth-order valence-electron chi connectivity index (χ4n) is 4.86. The van der Waals surface area contributed by atoms with Crippen LogP contribution in [0.1, 0.15) is 5.56 Å². The molecule has 2 aliphatic carbocycles. The number of pyridine rings is 1. The minimum absolute atomic E-state index is 0.793. The molecule has 4 aromatic rings. The van der Waals surface area contributed by atoms with Crippen molar-refractivity contribution >= 4 is 0 Å². The molecule has 0 spiro atoms. The zero-order valence-corrected chi connectivity index (χ0v) is 19.5. The summed E-state index contributed by atoms with van der Waals surface area (Å²) in [5.74, 6) is 0. The molecule has 2 aliphatic rings. The topological polar surface area (TPSA) is 3.88 Å². The summed E-state index contributed by atoms with van der Waals surface area (Å²) in [6, 6.07) is 52.1. The van der Waals surface area contributed by atoms with E-state index < -0.39 is 0 Å². The van der Waals surface area contributed by atoms with Gasteiger partial charge in [0.1, 0.15) is 0 Å². The Morgan fingerprint density at radius 1 is 0.371 bits per heavy atom. The molecule has 0 amide bonds. The molecule has 166 valence electrons. The van der Waals surface area contributed by atoms with Gasteiger partial charge < -0.3 is 0 Å². The molecule has 0 aliphatic heterocycles. The maximum absolute atomic E-state index is 2.47. The van der Waals surface area contributed by atoms with Crippen molar-refractivity contribution in [3.63, 3.8) is 0 Å². The molecule has 0 fully saturated rings. The largest absolute Gasteiger partial charge is 0.214 e. The Morgan fingerprint density at radius 2 is 0.914 bits per heavy atom. The lowest BCUT2D eigenvalue weighted by atomic mass is 9.97. The lowest BCUT2D eigenvalue weighted by Crippen LogP contribution is -2.39. The summed E-state index contributed by atoms with van der Waals surface area (Å²) in [7, 11) is 0. The second-order valence-electron chi connectivity index (χ2n) is 8.85. The van der Waals surface area contributed by atoms with Crippen LogP contribution in [-0.4, -0.2) is 0 Å². The normalized spacial score (nSPS) is 11.0. The highest BCUT2D eigenvalue weighted by Gasteiger charge is 2.25. The second kappa shape index (κ2) is 9.40. The summed E-state index contributed by atoms with van der Waals surface area (Å²) >= 11 is 0. The van der Waals surface area contributed by atoms with Gasteiger partial charge in [-0.3, -0.25) is 0 Å². The lowest BCUT2D eigenvalue weighted by molar-refractivity contribution is -0.666. The van der Waals surface area contributed by atoms with Crippen LogP contribution in [0.3, 0.4) is 0 Å². The van der Waals surface area contributed by atoms with Crippen LogP contribution in [0.4, 0.5) is 0 Å². The van der Waals surface area contributed by atoms with E-state index in [1.54, 1.807) is 0 Å². The molecule has 0 unspecified atom stereocenters. The highest BCUT2D eigenvalue weighted by Crippen LogP contribution is 2.36. The number of hydrogen-bond donors (Lipinski definition) is 0. The first-order valence-electron chi connectivity index (χ1n) is 12.1. The van der Waals surface area contributed by atoms with Crippen molar-refractivity contribution in [1.29, 1.82) is 0 Å². The molecule has 1 heteroatoms. The van der Waals surface area contributed by atoms with Crippen molar-refractivity contribution in [2.24, 2.45) is 0 Å². The van der Waals surface area contributed by atoms with E-state index in [1.165, 1.54) is 50.3 Å². The van der Waals surface area contributed by atoms with E-state index >= 15 is 0 Å². The molecule has 1 nitrogen and oxygen atoms in total. The average Bonchev–Trinajstić information content (AvgIpc) is 3.17. The van der Waals surface area contributed by atoms with Gasteiger partial charge in [-0.1, -0.05) is 115 Å². The zero-order valence-electron chi connectivity index (χ0n) is 19.5. The Balaban J connectivity index is 1.66. The Bertz CT molecular complexity index is 1540. The molecule has 6 rings (SSSR count). The molecular weight excluding hydrogens is 422 g/mol. The first kappa shape index (κ1) is 21.1. The number of aromatic nitrogens is 1. The van der Waals surface area contributed by atoms with Crippen molar-refractivity contribution < 1.29 is 4.57 Å². The lowest BCUT2D eigenvalue weighted by Gasteiger charge is -2.13. The maximum Gasteiger partial charge on any atom is 0.214 e. The van der Waals surface area contributed by atoms with Gasteiger partial charge in [0.25, 0.3) is 0 Å². The third-order valence-corrected chi connectivity index (χ3v) is 6.59. The van der Waals surface area contributed by atoms with E-state index in [0.29, 0.717) is 0 Å². The molecule has 0 atom stereocenters. The summed E-state index contributed by atoms with van der Waals surface area (Å²) in [5, 5.41) is 0. The van der Waals surface area contributed by atoms with Gasteiger partial charge in [-0.2, -0.15) is 4.57 Å². The van der Waals surface area contributed by atoms with Crippen LogP contribution < -0.4 is 4.57 Å². The molecule has 1 heterocycles. The molecule has 1 aromatic heterocycles. The molecule has 0 saturated carbocycles. The Morgan fingerprint density at radius 3 is 1.60 bits per heavy atom. The van der Waals surface area contributed by atoms with Gasteiger partial charge in [0.2, 0.25) is 11.4 Å². The molecule has 3 aromatic carbocycles. The summed E-state index contributed by atoms with van der Waals surface area (Å²) in [6.45, 7) is 0.793. The van der Waals surface area contributed by atoms with E-state index in [1.807, 2.05) is 0 Å². The van der Waals surface area contributed by atoms with Crippen LogP contribution in [-0.2, 0) is 6.54 Å². The molecule has 35 heavy (non-hydrogen) atoms. The van der Waals surface area contributed by atoms with Crippen LogP contribution >= 0.6 is 0 Å². The monoisotopic (exact) mass is 448 g/mol. The minimum atomic E-state index is 0.793. The van der Waals surface area contributed by atoms with E-state index in [4.69, 9.17) is 0 Å². The minimum Gasteiger partial charge on any atom is -0.187 e. The van der Waals surface area contributed by atoms with E-state index in [2.05, 4.69) is 150 Å². The quantitative estimate of drug-likeness (QED) is 0.234. The molecule has 0 radical (unpaired) electrons. The Hall–Kier alpha value is -4.49. The standard InChI is InChI=1S/C34H26N/c1-5-13-26(14-6-1)25-35-33(29-18-10-3-11-19-29)23-30(27-15-7-2-8-16-27)24-34(35)32-22-21-28-17-9-4-12-20-31(28)32/h1-24H,25H2/q+1. The Kier molecular flexibility index (Phi) is 5.66. The highest BCUT2D eigenvalue weighted by molar-refractivity contribution is 5.86. The molecule has 0 N–H and O–H groups in total. The van der Waals surface area contributed by atoms with Crippen molar-refractivity contribution in [3.05, 3.63) is 151 Å². The third kappa shape index (κ3) is 4.25. The fourth-order valence-corrected chi connectivity index (χ4v) is 4.86. The van der Waals surface area contributed by atoms with Crippen LogP contribution in [0.25, 0.3) is 44.8 Å². The summed E-state index contributed by atoms with van der Waals surface area (Å²) in [6.07, 6.45) is 0. The summed E-state index contributed by atoms with van der Waals surface area (Å²) in [5.41, 5.74) is 11.1. The van der Waals surface area contributed by atoms with Crippen LogP contribution in [0.2, 0.25) is 0 Å². The van der Waals surface area contributed by atoms with Crippen molar-refractivity contribution in [2.75, 3.05) is 0 Å². The van der Waals surface area contributed by atoms with Gasteiger partial charge in [0, 0.05) is 23.3 Å². The van der Waals surface area contributed by atoms with Crippen LogP contribution in [0.5, 0.6) is 0 Å². The van der Waals surface area contributed by atoms with Crippen molar-refractivity contribution in [1.82, 2.24) is 0 Å². The molecule has 0 bridgehead atoms. The molecule has 0 saturated heterocycles. The first-order chi connectivity index (χ1) is 17.4. The second-order valence-corrected chi connectivity index (χ2v) is 8.85. The highest BCUT2D eigenvalue weighted by atomic mass is 15.0. The predicted octanol–water partition coefficient (Wildman–Crippen LogP) is 8.13. The van der Waals surface area contributed by atoms with Gasteiger partial charge in [0.05, 0.1) is 5.56 Å². The maximum atomic E-state index is 2.47. The van der Waals surface area contributed by atoms with Crippen LogP contribution in [0, 0.1) is 0 Å². The number of hydrogen-bond acceptors (Lipinski definition) is 0. The first-order valence-corrected chi connectivity index (χ1v) is 12.1. The number of rotatable bonds is 5. The van der Waals surface area contributed by atoms with Gasteiger partial charge in [-0.15, -0.1) is 0 Å². The van der Waals surface area contributed by atoms with Crippen LogP contribution in [0.15, 0.2) is 146 Å². The SMILES string of the molecule is c1ccc(C[n+]2c(-c3ccccc3)cc(-c3ccccc3)cc2-c2ccc3cccccc2-3)cc1. The number of benzene rings is 3. The van der Waals surface area contributed by atoms with Crippen molar-refractivity contribution in [3.8, 4) is 44.8 Å². The summed E-state index contributed by atoms with van der Waals surface area (Å²) < 4.78 is 2.47. The predicted molar refractivity (Wildman–Crippen MR) is 145 cm³/mol. The fraction of sp³-hybridized carbons (Fsp3) is 0.0294. The van der Waals surface area contributed by atoms with E-state index in [9.17, 15) is 0 Å². The smallest absolute Gasteiger partial charge is 0.187 e. The average molecular weight is 449 g/mol. The van der Waals surface area contributed by atoms with Gasteiger partial charge in [0.15, 0.2) is 6.54 Å². The number of nitrogens with zero attached hydrogens (tertiary/aromatic N) is 1. The zero-order chi connectivity index (χ0) is 23.5. The van der Waals surface area contributed by atoms with Gasteiger partial charge in [-0.05, 0) is 40.5 Å². The summed E-state index contributed by atoms with van der Waals surface area (Å²) in [4.78, 5) is 0. The Labute approximate surface area is 206 Å². The molecular formula is C34H26N+. The van der Waals surface area contributed by atoms with Gasteiger partial charge >= 0.3 is 0 Å². The van der Waals surface area contributed by atoms with E-state index in [0.717, 1.165) is 6.54 Å². The van der Waals surface area contributed by atoms with Crippen molar-refractivity contribution in [2.45, 2.75) is 6.54 Å². The third-order valence-electron chi connectivity index (χ3n) is 6.59. The number of fused-ring (bicyclic) bond motifs is 1. The van der Waals surface area contributed by atoms with E-state index in [-0.39, 0.29) is 0 Å². The van der Waals surface area contributed by atoms with Gasteiger partial charge in [-0.25, -0.2) is 0 Å².